The van der Waals surface area contributed by atoms with Gasteiger partial charge in [-0.15, -0.1) is 0 Å². The van der Waals surface area contributed by atoms with Gasteiger partial charge in [0.25, 0.3) is 5.91 Å². The molecule has 0 atom stereocenters. The van der Waals surface area contributed by atoms with Crippen LogP contribution in [0.3, 0.4) is 0 Å². The van der Waals surface area contributed by atoms with E-state index in [2.05, 4.69) is 10.4 Å². The van der Waals surface area contributed by atoms with Crippen molar-refractivity contribution in [3.63, 3.8) is 0 Å². The number of halogens is 3. The number of nitrogens with zero attached hydrogens (tertiary/aromatic N) is 2. The Balaban J connectivity index is 1.88. The number of alkyl halides is 3. The van der Waals surface area contributed by atoms with E-state index in [9.17, 15) is 22.8 Å². The minimum atomic E-state index is -4.51. The topological polar surface area (TPSA) is 99.2 Å². The average Bonchev–Trinajstić information content (AvgIpc) is 3.12. The molecule has 0 unspecified atom stereocenters. The van der Waals surface area contributed by atoms with Crippen molar-refractivity contribution in [2.24, 2.45) is 5.73 Å². The van der Waals surface area contributed by atoms with Gasteiger partial charge in [-0.3, -0.25) is 9.59 Å². The molecule has 0 aliphatic carbocycles. The highest BCUT2D eigenvalue weighted by molar-refractivity contribution is 6.05. The van der Waals surface area contributed by atoms with Gasteiger partial charge in [-0.2, -0.15) is 18.3 Å². The predicted molar refractivity (Wildman–Crippen MR) is 98.0 cm³/mol. The molecule has 7 nitrogen and oxygen atoms in total. The van der Waals surface area contributed by atoms with Crippen LogP contribution in [0.1, 0.15) is 26.4 Å². The van der Waals surface area contributed by atoms with Gasteiger partial charge in [0, 0.05) is 11.3 Å². The first-order valence-corrected chi connectivity index (χ1v) is 8.21. The van der Waals surface area contributed by atoms with Gasteiger partial charge in [-0.1, -0.05) is 6.07 Å². The highest BCUT2D eigenvalue weighted by Gasteiger charge is 2.30. The second-order valence-electron chi connectivity index (χ2n) is 5.93. The zero-order valence-electron chi connectivity index (χ0n) is 15.0. The van der Waals surface area contributed by atoms with Crippen molar-refractivity contribution in [1.29, 1.82) is 0 Å². The third-order valence-electron chi connectivity index (χ3n) is 3.98. The molecule has 0 radical (unpaired) electrons. The predicted octanol–water partition coefficient (Wildman–Crippen LogP) is 3.25. The molecule has 29 heavy (non-hydrogen) atoms. The number of methoxy groups -OCH3 is 1. The Kier molecular flexibility index (Phi) is 5.26. The molecule has 150 valence electrons. The number of aromatic nitrogens is 2. The van der Waals surface area contributed by atoms with E-state index in [4.69, 9.17) is 10.5 Å². The summed E-state index contributed by atoms with van der Waals surface area (Å²) in [4.78, 5) is 23.6. The van der Waals surface area contributed by atoms with E-state index in [-0.39, 0.29) is 22.7 Å². The maximum absolute atomic E-state index is 12.9. The first-order chi connectivity index (χ1) is 13.7. The molecule has 3 aromatic rings. The molecular formula is C19H15F3N4O3. The van der Waals surface area contributed by atoms with Gasteiger partial charge in [-0.05, 0) is 42.5 Å². The molecule has 1 aromatic heterocycles. The van der Waals surface area contributed by atoms with E-state index < -0.39 is 23.6 Å². The number of hydrogen-bond acceptors (Lipinski definition) is 4. The summed E-state index contributed by atoms with van der Waals surface area (Å²) >= 11 is 0. The number of rotatable bonds is 5. The van der Waals surface area contributed by atoms with Gasteiger partial charge in [0.15, 0.2) is 11.4 Å². The minimum absolute atomic E-state index is 0.0775. The molecule has 3 rings (SSSR count). The molecule has 3 N–H and O–H groups in total. The summed E-state index contributed by atoms with van der Waals surface area (Å²) in [5.41, 5.74) is 4.96. The van der Waals surface area contributed by atoms with Crippen molar-refractivity contribution in [3.05, 3.63) is 71.5 Å². The van der Waals surface area contributed by atoms with Gasteiger partial charge >= 0.3 is 6.18 Å². The second-order valence-corrected chi connectivity index (χ2v) is 5.93. The van der Waals surface area contributed by atoms with Crippen LogP contribution in [0.15, 0.2) is 54.7 Å². The lowest BCUT2D eigenvalue weighted by Crippen LogP contribution is -2.15. The number of nitrogens with two attached hydrogens (primary N) is 1. The lowest BCUT2D eigenvalue weighted by molar-refractivity contribution is -0.137. The number of benzene rings is 2. The van der Waals surface area contributed by atoms with Crippen molar-refractivity contribution in [1.82, 2.24) is 9.78 Å². The van der Waals surface area contributed by atoms with Gasteiger partial charge in [-0.25, -0.2) is 4.68 Å². The number of carbonyl (C=O) groups is 2. The number of hydrogen-bond donors (Lipinski definition) is 2. The molecule has 0 bridgehead atoms. The maximum atomic E-state index is 12.9. The Morgan fingerprint density at radius 3 is 2.41 bits per heavy atom. The van der Waals surface area contributed by atoms with E-state index in [0.717, 1.165) is 16.8 Å². The fourth-order valence-corrected chi connectivity index (χ4v) is 2.53. The Labute approximate surface area is 162 Å². The van der Waals surface area contributed by atoms with Gasteiger partial charge in [0.05, 0.1) is 24.6 Å². The molecule has 2 amide bonds. The smallest absolute Gasteiger partial charge is 0.416 e. The normalized spacial score (nSPS) is 11.2. The summed E-state index contributed by atoms with van der Waals surface area (Å²) < 4.78 is 45.1. The lowest BCUT2D eigenvalue weighted by atomic mass is 10.2. The number of amides is 2. The second kappa shape index (κ2) is 7.66. The Morgan fingerprint density at radius 1 is 1.14 bits per heavy atom. The van der Waals surface area contributed by atoms with Crippen molar-refractivity contribution >= 4 is 17.5 Å². The van der Waals surface area contributed by atoms with Crippen LogP contribution in [0, 0.1) is 0 Å². The van der Waals surface area contributed by atoms with Crippen LogP contribution >= 0.6 is 0 Å². The number of carbonyl (C=O) groups excluding carboxylic acids is 2. The van der Waals surface area contributed by atoms with E-state index in [1.165, 1.54) is 49.7 Å². The van der Waals surface area contributed by atoms with Crippen LogP contribution in [0.25, 0.3) is 5.69 Å². The van der Waals surface area contributed by atoms with Crippen LogP contribution in [-0.2, 0) is 6.18 Å². The summed E-state index contributed by atoms with van der Waals surface area (Å²) in [7, 11) is 1.31. The SMILES string of the molecule is COc1cn(-c2cccc(C(F)(F)F)c2)nc1C(=O)Nc1ccc(C(N)=O)cc1. The van der Waals surface area contributed by atoms with Crippen molar-refractivity contribution < 1.29 is 27.5 Å². The first-order valence-electron chi connectivity index (χ1n) is 8.21. The third-order valence-corrected chi connectivity index (χ3v) is 3.98. The molecule has 0 fully saturated rings. The summed E-state index contributed by atoms with van der Waals surface area (Å²) in [5.74, 6) is -1.17. The molecule has 0 spiro atoms. The third kappa shape index (κ3) is 4.37. The van der Waals surface area contributed by atoms with Crippen molar-refractivity contribution in [2.75, 3.05) is 12.4 Å². The van der Waals surface area contributed by atoms with E-state index in [1.54, 1.807) is 0 Å². The van der Waals surface area contributed by atoms with Gasteiger partial charge in [0.1, 0.15) is 0 Å². The molecular weight excluding hydrogens is 389 g/mol. The fourth-order valence-electron chi connectivity index (χ4n) is 2.53. The maximum Gasteiger partial charge on any atom is 0.416 e. The van der Waals surface area contributed by atoms with E-state index in [0.29, 0.717) is 5.69 Å². The highest BCUT2D eigenvalue weighted by atomic mass is 19.4. The zero-order chi connectivity index (χ0) is 21.2. The summed E-state index contributed by atoms with van der Waals surface area (Å²) in [6.07, 6.45) is -3.20. The molecule has 1 heterocycles. The quantitative estimate of drug-likeness (QED) is 0.682. The highest BCUT2D eigenvalue weighted by Crippen LogP contribution is 2.31. The first kappa shape index (κ1) is 19.9. The van der Waals surface area contributed by atoms with Crippen molar-refractivity contribution in [3.8, 4) is 11.4 Å². The van der Waals surface area contributed by atoms with Gasteiger partial charge in [0.2, 0.25) is 5.91 Å². The zero-order valence-corrected chi connectivity index (χ0v) is 15.0. The Bertz CT molecular complexity index is 1060. The van der Waals surface area contributed by atoms with Crippen LogP contribution in [-0.4, -0.2) is 28.7 Å². The molecule has 2 aromatic carbocycles. The number of nitrogens with one attached hydrogen (secondary N) is 1. The van der Waals surface area contributed by atoms with Crippen LogP contribution in [0.5, 0.6) is 5.75 Å². The summed E-state index contributed by atoms with van der Waals surface area (Å²) in [6, 6.07) is 10.4. The van der Waals surface area contributed by atoms with Crippen molar-refractivity contribution in [2.45, 2.75) is 6.18 Å². The fraction of sp³-hybridized carbons (Fsp3) is 0.105. The molecule has 0 saturated carbocycles. The molecule has 10 heteroatoms. The number of anilines is 1. The minimum Gasteiger partial charge on any atom is -0.493 e. The Hall–Kier alpha value is -3.82. The van der Waals surface area contributed by atoms with Gasteiger partial charge < -0.3 is 15.8 Å². The number of ether oxygens (including phenoxy) is 1. The lowest BCUT2D eigenvalue weighted by Gasteiger charge is -2.08. The van der Waals surface area contributed by atoms with E-state index >= 15 is 0 Å². The summed E-state index contributed by atoms with van der Waals surface area (Å²) in [5, 5.41) is 6.63. The monoisotopic (exact) mass is 404 g/mol. The molecule has 0 aliphatic heterocycles. The molecule has 0 saturated heterocycles. The largest absolute Gasteiger partial charge is 0.493 e. The van der Waals surface area contributed by atoms with Crippen LogP contribution < -0.4 is 15.8 Å². The Morgan fingerprint density at radius 2 is 1.83 bits per heavy atom. The van der Waals surface area contributed by atoms with Crippen LogP contribution in [0.2, 0.25) is 0 Å². The number of primary amides is 1. The standard InChI is InChI=1S/C19H15F3N4O3/c1-29-15-10-26(14-4-2-3-12(9-14)19(20,21)22)25-16(15)18(28)24-13-7-5-11(6-8-13)17(23)27/h2-10H,1H3,(H2,23,27)(H,24,28). The van der Waals surface area contributed by atoms with E-state index in [1.807, 2.05) is 0 Å². The summed E-state index contributed by atoms with van der Waals surface area (Å²) in [6.45, 7) is 0. The van der Waals surface area contributed by atoms with Crippen LogP contribution in [0.4, 0.5) is 18.9 Å². The average molecular weight is 404 g/mol. The molecule has 0 aliphatic rings.